The van der Waals surface area contributed by atoms with Gasteiger partial charge in [-0.3, -0.25) is 9.69 Å². The molecule has 0 bridgehead atoms. The van der Waals surface area contributed by atoms with Crippen LogP contribution in [0.4, 0.5) is 0 Å². The molecule has 1 atom stereocenters. The second-order valence-corrected chi connectivity index (χ2v) is 4.28. The van der Waals surface area contributed by atoms with E-state index in [1.807, 2.05) is 14.0 Å². The lowest BCUT2D eigenvalue weighted by Gasteiger charge is -2.29. The van der Waals surface area contributed by atoms with E-state index in [0.717, 1.165) is 32.6 Å². The summed E-state index contributed by atoms with van der Waals surface area (Å²) in [7, 11) is 2.03. The lowest BCUT2D eigenvalue weighted by Crippen LogP contribution is -2.39. The van der Waals surface area contributed by atoms with Crippen molar-refractivity contribution in [3.63, 3.8) is 0 Å². The van der Waals surface area contributed by atoms with Gasteiger partial charge in [-0.05, 0) is 39.7 Å². The first kappa shape index (κ1) is 11.7. The molecule has 0 aromatic rings. The molecule has 0 saturated carbocycles. The van der Waals surface area contributed by atoms with Gasteiger partial charge in [-0.25, -0.2) is 0 Å². The van der Waals surface area contributed by atoms with Crippen molar-refractivity contribution in [2.24, 2.45) is 5.92 Å². The number of carbonyl (C=O) groups excluding carboxylic acids is 1. The normalized spacial score (nSPS) is 21.1. The van der Waals surface area contributed by atoms with Crippen molar-refractivity contribution in [1.29, 1.82) is 0 Å². The van der Waals surface area contributed by atoms with Gasteiger partial charge < -0.3 is 4.74 Å². The van der Waals surface area contributed by atoms with Gasteiger partial charge in [0.1, 0.15) is 5.78 Å². The molecule has 1 unspecified atom stereocenters. The van der Waals surface area contributed by atoms with Crippen LogP contribution in [0.2, 0.25) is 0 Å². The van der Waals surface area contributed by atoms with Crippen molar-refractivity contribution in [2.45, 2.75) is 32.7 Å². The van der Waals surface area contributed by atoms with Crippen molar-refractivity contribution in [2.75, 3.05) is 26.8 Å². The monoisotopic (exact) mass is 199 g/mol. The summed E-state index contributed by atoms with van der Waals surface area (Å²) in [6, 6.07) is 0.0536. The quantitative estimate of drug-likeness (QED) is 0.684. The standard InChI is InChI=1S/C11H21NO2/c1-9(10(2)13)12(3)8-11-4-6-14-7-5-11/h9,11H,4-8H2,1-3H3. The third kappa shape index (κ3) is 3.39. The predicted octanol–water partition coefficient (Wildman–Crippen LogP) is 1.32. The fourth-order valence-electron chi connectivity index (χ4n) is 1.80. The van der Waals surface area contributed by atoms with E-state index in [1.54, 1.807) is 6.92 Å². The van der Waals surface area contributed by atoms with Crippen LogP contribution in [-0.2, 0) is 9.53 Å². The Morgan fingerprint density at radius 3 is 2.57 bits per heavy atom. The summed E-state index contributed by atoms with van der Waals surface area (Å²) in [4.78, 5) is 13.3. The molecule has 1 rings (SSSR count). The van der Waals surface area contributed by atoms with Crippen LogP contribution in [-0.4, -0.2) is 43.5 Å². The van der Waals surface area contributed by atoms with Gasteiger partial charge in [0.05, 0.1) is 6.04 Å². The van der Waals surface area contributed by atoms with E-state index < -0.39 is 0 Å². The number of nitrogens with zero attached hydrogens (tertiary/aromatic N) is 1. The predicted molar refractivity (Wildman–Crippen MR) is 56.3 cm³/mol. The second-order valence-electron chi connectivity index (χ2n) is 4.28. The Hall–Kier alpha value is -0.410. The maximum atomic E-state index is 11.2. The first-order valence-electron chi connectivity index (χ1n) is 5.39. The summed E-state index contributed by atoms with van der Waals surface area (Å²) < 4.78 is 5.30. The number of ether oxygens (including phenoxy) is 1. The Labute approximate surface area is 86.4 Å². The van der Waals surface area contributed by atoms with Crippen LogP contribution in [0.3, 0.4) is 0 Å². The molecule has 0 spiro atoms. The maximum Gasteiger partial charge on any atom is 0.146 e. The zero-order valence-corrected chi connectivity index (χ0v) is 9.45. The fraction of sp³-hybridized carbons (Fsp3) is 0.909. The molecule has 1 saturated heterocycles. The van der Waals surface area contributed by atoms with Crippen molar-refractivity contribution < 1.29 is 9.53 Å². The molecule has 3 heteroatoms. The molecule has 14 heavy (non-hydrogen) atoms. The lowest BCUT2D eigenvalue weighted by molar-refractivity contribution is -0.121. The van der Waals surface area contributed by atoms with E-state index in [0.29, 0.717) is 5.92 Å². The van der Waals surface area contributed by atoms with Crippen LogP contribution in [0.15, 0.2) is 0 Å². The van der Waals surface area contributed by atoms with Crippen LogP contribution >= 0.6 is 0 Å². The Balaban J connectivity index is 2.31. The Kier molecular flexibility index (Phi) is 4.55. The highest BCUT2D eigenvalue weighted by Crippen LogP contribution is 2.16. The van der Waals surface area contributed by atoms with Crippen molar-refractivity contribution in [3.05, 3.63) is 0 Å². The zero-order valence-electron chi connectivity index (χ0n) is 9.45. The average Bonchev–Trinajstić information content (AvgIpc) is 2.18. The molecule has 1 aliphatic rings. The molecule has 0 aromatic heterocycles. The Morgan fingerprint density at radius 2 is 2.07 bits per heavy atom. The number of carbonyl (C=O) groups is 1. The van der Waals surface area contributed by atoms with Gasteiger partial charge in [0.15, 0.2) is 0 Å². The van der Waals surface area contributed by atoms with Gasteiger partial charge in [0, 0.05) is 19.8 Å². The summed E-state index contributed by atoms with van der Waals surface area (Å²) in [6.45, 7) is 6.41. The van der Waals surface area contributed by atoms with Crippen molar-refractivity contribution >= 4 is 5.78 Å². The fourth-order valence-corrected chi connectivity index (χ4v) is 1.80. The number of likely N-dealkylation sites (N-methyl/N-ethyl adjacent to an activating group) is 1. The molecular weight excluding hydrogens is 178 g/mol. The lowest BCUT2D eigenvalue weighted by atomic mass is 9.99. The van der Waals surface area contributed by atoms with Gasteiger partial charge in [-0.15, -0.1) is 0 Å². The highest BCUT2D eigenvalue weighted by Gasteiger charge is 2.20. The minimum Gasteiger partial charge on any atom is -0.381 e. The molecule has 1 aliphatic heterocycles. The minimum atomic E-state index is 0.0536. The van der Waals surface area contributed by atoms with E-state index in [4.69, 9.17) is 4.74 Å². The van der Waals surface area contributed by atoms with E-state index in [1.165, 1.54) is 0 Å². The summed E-state index contributed by atoms with van der Waals surface area (Å²) >= 11 is 0. The molecule has 0 radical (unpaired) electrons. The molecule has 3 nitrogen and oxygen atoms in total. The van der Waals surface area contributed by atoms with Crippen molar-refractivity contribution in [3.8, 4) is 0 Å². The molecule has 1 heterocycles. The first-order chi connectivity index (χ1) is 6.61. The number of hydrogen-bond acceptors (Lipinski definition) is 3. The van der Waals surface area contributed by atoms with Crippen LogP contribution in [0.1, 0.15) is 26.7 Å². The van der Waals surface area contributed by atoms with Gasteiger partial charge >= 0.3 is 0 Å². The molecule has 0 amide bonds. The summed E-state index contributed by atoms with van der Waals surface area (Å²) in [5.74, 6) is 0.954. The summed E-state index contributed by atoms with van der Waals surface area (Å²) in [6.07, 6.45) is 2.27. The molecule has 1 fully saturated rings. The van der Waals surface area contributed by atoms with Gasteiger partial charge in [-0.2, -0.15) is 0 Å². The highest BCUT2D eigenvalue weighted by molar-refractivity contribution is 5.80. The summed E-state index contributed by atoms with van der Waals surface area (Å²) in [5, 5.41) is 0. The number of Topliss-reactive ketones (excluding diaryl/α,β-unsaturated/α-hetero) is 1. The first-order valence-corrected chi connectivity index (χ1v) is 5.39. The number of hydrogen-bond donors (Lipinski definition) is 0. The highest BCUT2D eigenvalue weighted by atomic mass is 16.5. The Bertz CT molecular complexity index is 188. The van der Waals surface area contributed by atoms with E-state index in [2.05, 4.69) is 4.90 Å². The molecule has 0 N–H and O–H groups in total. The van der Waals surface area contributed by atoms with Gasteiger partial charge in [-0.1, -0.05) is 0 Å². The number of rotatable bonds is 4. The number of ketones is 1. The van der Waals surface area contributed by atoms with Crippen LogP contribution < -0.4 is 0 Å². The molecular formula is C11H21NO2. The molecule has 82 valence electrons. The third-order valence-electron chi connectivity index (χ3n) is 3.14. The van der Waals surface area contributed by atoms with E-state index >= 15 is 0 Å². The van der Waals surface area contributed by atoms with E-state index in [-0.39, 0.29) is 11.8 Å². The van der Waals surface area contributed by atoms with Gasteiger partial charge in [0.2, 0.25) is 0 Å². The SMILES string of the molecule is CC(=O)C(C)N(C)CC1CCOCC1. The maximum absolute atomic E-state index is 11.2. The topological polar surface area (TPSA) is 29.5 Å². The zero-order chi connectivity index (χ0) is 10.6. The average molecular weight is 199 g/mol. The third-order valence-corrected chi connectivity index (χ3v) is 3.14. The van der Waals surface area contributed by atoms with E-state index in [9.17, 15) is 4.79 Å². The largest absolute Gasteiger partial charge is 0.381 e. The minimum absolute atomic E-state index is 0.0536. The second kappa shape index (κ2) is 5.47. The molecule has 0 aromatic carbocycles. The summed E-state index contributed by atoms with van der Waals surface area (Å²) in [5.41, 5.74) is 0. The Morgan fingerprint density at radius 1 is 1.50 bits per heavy atom. The smallest absolute Gasteiger partial charge is 0.146 e. The van der Waals surface area contributed by atoms with Crippen LogP contribution in [0.25, 0.3) is 0 Å². The van der Waals surface area contributed by atoms with Gasteiger partial charge in [0.25, 0.3) is 0 Å². The molecule has 0 aliphatic carbocycles. The van der Waals surface area contributed by atoms with Crippen LogP contribution in [0.5, 0.6) is 0 Å². The van der Waals surface area contributed by atoms with Crippen molar-refractivity contribution in [1.82, 2.24) is 4.90 Å². The van der Waals surface area contributed by atoms with Crippen LogP contribution in [0, 0.1) is 5.92 Å².